The molecule has 0 bridgehead atoms. The number of unbranched alkanes of at least 4 members (excludes halogenated alkanes) is 1. The molecular formula is C26H32Cl3N3O5. The molecule has 202 valence electrons. The molecule has 0 unspecified atom stereocenters. The maximum Gasteiger partial charge on any atom is 0.303 e. The number of halogens is 3. The number of piperazine rings is 1. The Morgan fingerprint density at radius 2 is 1.78 bits per heavy atom. The molecule has 2 heterocycles. The monoisotopic (exact) mass is 571 g/mol. The average Bonchev–Trinajstić information content (AvgIpc) is 2.87. The Morgan fingerprint density at radius 1 is 1.00 bits per heavy atom. The van der Waals surface area contributed by atoms with Gasteiger partial charge in [0.1, 0.15) is 11.5 Å². The van der Waals surface area contributed by atoms with Crippen LogP contribution in [0.25, 0.3) is 0 Å². The minimum absolute atomic E-state index is 0. The first-order valence-corrected chi connectivity index (χ1v) is 13.0. The number of hydrogen-bond donors (Lipinski definition) is 1. The van der Waals surface area contributed by atoms with Crippen molar-refractivity contribution in [3.05, 3.63) is 46.4 Å². The van der Waals surface area contributed by atoms with E-state index < -0.39 is 5.97 Å². The van der Waals surface area contributed by atoms with Gasteiger partial charge in [-0.1, -0.05) is 29.3 Å². The molecule has 0 aliphatic carbocycles. The van der Waals surface area contributed by atoms with Crippen LogP contribution in [-0.2, 0) is 9.59 Å². The Bertz CT molecular complexity index is 1080. The van der Waals surface area contributed by atoms with E-state index in [9.17, 15) is 9.59 Å². The zero-order valence-electron chi connectivity index (χ0n) is 20.5. The van der Waals surface area contributed by atoms with Crippen molar-refractivity contribution in [3.8, 4) is 11.5 Å². The molecule has 2 aromatic rings. The molecule has 4 rings (SSSR count). The summed E-state index contributed by atoms with van der Waals surface area (Å²) in [5.74, 6) is 0.223. The number of amides is 1. The summed E-state index contributed by atoms with van der Waals surface area (Å²) in [6.45, 7) is 5.64. The third kappa shape index (κ3) is 7.80. The number of anilines is 2. The van der Waals surface area contributed by atoms with Gasteiger partial charge in [-0.2, -0.15) is 0 Å². The maximum absolute atomic E-state index is 12.3. The first-order valence-electron chi connectivity index (χ1n) is 12.3. The second-order valence-electron chi connectivity index (χ2n) is 8.92. The molecule has 0 atom stereocenters. The predicted molar refractivity (Wildman–Crippen MR) is 148 cm³/mol. The number of carboxylic acid groups (broad SMARTS) is 1. The summed E-state index contributed by atoms with van der Waals surface area (Å²) in [6, 6.07) is 11.2. The first kappa shape index (κ1) is 29.2. The zero-order chi connectivity index (χ0) is 25.5. The highest BCUT2D eigenvalue weighted by Gasteiger charge is 2.26. The van der Waals surface area contributed by atoms with Crippen molar-refractivity contribution in [2.45, 2.75) is 25.7 Å². The number of ether oxygens (including phenoxy) is 2. The van der Waals surface area contributed by atoms with Gasteiger partial charge in [0.2, 0.25) is 0 Å². The largest absolute Gasteiger partial charge is 0.494 e. The van der Waals surface area contributed by atoms with Crippen LogP contribution in [0.15, 0.2) is 36.4 Å². The highest BCUT2D eigenvalue weighted by atomic mass is 35.5. The number of carboxylic acids is 1. The highest BCUT2D eigenvalue weighted by molar-refractivity contribution is 6.43. The van der Waals surface area contributed by atoms with Crippen molar-refractivity contribution in [1.82, 2.24) is 4.90 Å². The zero-order valence-corrected chi connectivity index (χ0v) is 22.9. The Hall–Kier alpha value is -2.39. The van der Waals surface area contributed by atoms with Gasteiger partial charge >= 0.3 is 5.97 Å². The summed E-state index contributed by atoms with van der Waals surface area (Å²) in [6.07, 6.45) is 2.33. The van der Waals surface area contributed by atoms with E-state index in [0.717, 1.165) is 51.3 Å². The van der Waals surface area contributed by atoms with Crippen molar-refractivity contribution >= 4 is 58.9 Å². The van der Waals surface area contributed by atoms with Gasteiger partial charge in [0.25, 0.3) is 5.91 Å². The minimum Gasteiger partial charge on any atom is -0.494 e. The standard InChI is InChI=1S/C26H31Cl2N3O5.ClH/c27-20-5-3-6-21(26(20)28)30-14-12-29(13-15-30)10-1-2-16-35-19-8-9-23-22(17-19)31(24(32)18-36-23)11-4-7-25(33)34;/h3,5-6,8-9,17H,1-2,4,7,10-16,18H2,(H,33,34);1H. The number of hydrogen-bond acceptors (Lipinski definition) is 6. The van der Waals surface area contributed by atoms with Crippen LogP contribution < -0.4 is 19.3 Å². The van der Waals surface area contributed by atoms with Crippen LogP contribution in [0.2, 0.25) is 10.0 Å². The van der Waals surface area contributed by atoms with Gasteiger partial charge in [-0.3, -0.25) is 14.5 Å². The Balaban J connectivity index is 0.00000380. The summed E-state index contributed by atoms with van der Waals surface area (Å²) in [5, 5.41) is 10.1. The number of benzene rings is 2. The lowest BCUT2D eigenvalue weighted by molar-refractivity contribution is -0.137. The van der Waals surface area contributed by atoms with E-state index in [4.69, 9.17) is 37.8 Å². The fraction of sp³-hybridized carbons (Fsp3) is 0.462. The topological polar surface area (TPSA) is 82.5 Å². The Labute approximate surface area is 233 Å². The van der Waals surface area contributed by atoms with Crippen molar-refractivity contribution in [1.29, 1.82) is 0 Å². The fourth-order valence-corrected chi connectivity index (χ4v) is 4.90. The fourth-order valence-electron chi connectivity index (χ4n) is 4.48. The van der Waals surface area contributed by atoms with Crippen LogP contribution in [0.5, 0.6) is 11.5 Å². The highest BCUT2D eigenvalue weighted by Crippen LogP contribution is 2.36. The Morgan fingerprint density at radius 3 is 2.54 bits per heavy atom. The van der Waals surface area contributed by atoms with Gasteiger partial charge in [0.15, 0.2) is 6.61 Å². The molecule has 0 spiro atoms. The average molecular weight is 573 g/mol. The molecule has 8 nitrogen and oxygen atoms in total. The molecular weight excluding hydrogens is 541 g/mol. The lowest BCUT2D eigenvalue weighted by Crippen LogP contribution is -2.46. The third-order valence-electron chi connectivity index (χ3n) is 6.43. The summed E-state index contributed by atoms with van der Waals surface area (Å²) in [7, 11) is 0. The molecule has 11 heteroatoms. The quantitative estimate of drug-likeness (QED) is 0.380. The molecule has 0 aromatic heterocycles. The number of carbonyl (C=O) groups excluding carboxylic acids is 1. The molecule has 2 aromatic carbocycles. The van der Waals surface area contributed by atoms with E-state index in [1.165, 1.54) is 0 Å². The first-order chi connectivity index (χ1) is 17.4. The van der Waals surface area contributed by atoms with E-state index in [-0.39, 0.29) is 31.3 Å². The van der Waals surface area contributed by atoms with Crippen molar-refractivity contribution in [2.75, 3.05) is 62.3 Å². The molecule has 1 saturated heterocycles. The van der Waals surface area contributed by atoms with E-state index in [0.29, 0.717) is 46.8 Å². The number of carbonyl (C=O) groups is 2. The number of fused-ring (bicyclic) bond motifs is 1. The van der Waals surface area contributed by atoms with Crippen LogP contribution in [0.3, 0.4) is 0 Å². The SMILES string of the molecule is Cl.O=C(O)CCCN1C(=O)COc2ccc(OCCCCN3CCN(c4cccc(Cl)c4Cl)CC3)cc21. The van der Waals surface area contributed by atoms with Crippen molar-refractivity contribution in [3.63, 3.8) is 0 Å². The molecule has 2 aliphatic rings. The molecule has 37 heavy (non-hydrogen) atoms. The molecule has 0 radical (unpaired) electrons. The van der Waals surface area contributed by atoms with Crippen LogP contribution in [0.1, 0.15) is 25.7 Å². The van der Waals surface area contributed by atoms with E-state index in [2.05, 4.69) is 9.80 Å². The Kier molecular flexibility index (Phi) is 11.0. The normalized spacial score (nSPS) is 15.6. The van der Waals surface area contributed by atoms with Crippen LogP contribution in [-0.4, -0.2) is 74.4 Å². The summed E-state index contributed by atoms with van der Waals surface area (Å²) in [5.41, 5.74) is 1.63. The maximum atomic E-state index is 12.3. The van der Waals surface area contributed by atoms with Gasteiger partial charge in [0, 0.05) is 45.2 Å². The van der Waals surface area contributed by atoms with Crippen molar-refractivity contribution < 1.29 is 24.2 Å². The van der Waals surface area contributed by atoms with Gasteiger partial charge in [-0.25, -0.2) is 0 Å². The summed E-state index contributed by atoms with van der Waals surface area (Å²) >= 11 is 12.5. The van der Waals surface area contributed by atoms with Crippen LogP contribution in [0.4, 0.5) is 11.4 Å². The van der Waals surface area contributed by atoms with Gasteiger partial charge in [-0.15, -0.1) is 12.4 Å². The lowest BCUT2D eigenvalue weighted by Gasteiger charge is -2.36. The molecule has 1 fully saturated rings. The van der Waals surface area contributed by atoms with Gasteiger partial charge in [0.05, 0.1) is 28.0 Å². The molecule has 0 saturated carbocycles. The third-order valence-corrected chi connectivity index (χ3v) is 7.24. The summed E-state index contributed by atoms with van der Waals surface area (Å²) < 4.78 is 11.5. The smallest absolute Gasteiger partial charge is 0.303 e. The second-order valence-corrected chi connectivity index (χ2v) is 9.70. The van der Waals surface area contributed by atoms with Crippen molar-refractivity contribution in [2.24, 2.45) is 0 Å². The number of aliphatic carboxylic acids is 1. The molecule has 1 N–H and O–H groups in total. The second kappa shape index (κ2) is 14.0. The van der Waals surface area contributed by atoms with Crippen LogP contribution in [0, 0.1) is 0 Å². The molecule has 1 amide bonds. The number of rotatable bonds is 11. The molecule has 2 aliphatic heterocycles. The van der Waals surface area contributed by atoms with Crippen LogP contribution >= 0.6 is 35.6 Å². The number of nitrogens with zero attached hydrogens (tertiary/aromatic N) is 3. The predicted octanol–water partition coefficient (Wildman–Crippen LogP) is 4.99. The minimum atomic E-state index is -0.875. The van der Waals surface area contributed by atoms with E-state index >= 15 is 0 Å². The van der Waals surface area contributed by atoms with E-state index in [1.54, 1.807) is 17.0 Å². The summed E-state index contributed by atoms with van der Waals surface area (Å²) in [4.78, 5) is 29.5. The lowest BCUT2D eigenvalue weighted by atomic mass is 10.2. The van der Waals surface area contributed by atoms with Gasteiger partial charge < -0.3 is 24.4 Å². The van der Waals surface area contributed by atoms with Gasteiger partial charge in [-0.05, 0) is 50.1 Å². The van der Waals surface area contributed by atoms with E-state index in [1.807, 2.05) is 24.3 Å².